The van der Waals surface area contributed by atoms with Gasteiger partial charge in [-0.15, -0.1) is 0 Å². The van der Waals surface area contributed by atoms with E-state index in [-0.39, 0.29) is 11.1 Å². The first-order chi connectivity index (χ1) is 6.70. The van der Waals surface area contributed by atoms with Gasteiger partial charge in [0.2, 0.25) is 0 Å². The second kappa shape index (κ2) is 5.48. The van der Waals surface area contributed by atoms with Crippen molar-refractivity contribution < 1.29 is 22.8 Å². The molecule has 0 rings (SSSR count). The number of Topliss-reactive ketones (excluding diaryl/α,β-unsaturated/α-hetero) is 1. The van der Waals surface area contributed by atoms with Crippen molar-refractivity contribution in [3.05, 3.63) is 0 Å². The van der Waals surface area contributed by atoms with E-state index in [1.54, 1.807) is 5.32 Å². The zero-order chi connectivity index (χ0) is 12.2. The molecule has 0 fully saturated rings. The minimum atomic E-state index is -4.91. The summed E-state index contributed by atoms with van der Waals surface area (Å²) in [7, 11) is 0. The normalized spacial score (nSPS) is 15.6. The Morgan fingerprint density at radius 3 is 2.13 bits per heavy atom. The highest BCUT2D eigenvalue weighted by atomic mass is 79.9. The van der Waals surface area contributed by atoms with E-state index in [0.717, 1.165) is 0 Å². The van der Waals surface area contributed by atoms with Gasteiger partial charge in [0.25, 0.3) is 0 Å². The van der Waals surface area contributed by atoms with E-state index in [4.69, 9.17) is 0 Å². The van der Waals surface area contributed by atoms with Crippen LogP contribution in [0.3, 0.4) is 0 Å². The first-order valence-corrected chi connectivity index (χ1v) is 5.28. The molecule has 2 unspecified atom stereocenters. The number of halogens is 4. The number of hydrogen-bond donors (Lipinski definition) is 1. The molecule has 0 aromatic heterocycles. The Bertz CT molecular complexity index is 255. The minimum Gasteiger partial charge on any atom is -0.345 e. The Morgan fingerprint density at radius 1 is 1.33 bits per heavy atom. The second-order valence-electron chi connectivity index (χ2n) is 3.15. The summed E-state index contributed by atoms with van der Waals surface area (Å²) in [6.07, 6.45) is -4.91. The van der Waals surface area contributed by atoms with Gasteiger partial charge in [-0.05, 0) is 6.92 Å². The molecule has 15 heavy (non-hydrogen) atoms. The van der Waals surface area contributed by atoms with Crippen LogP contribution in [0.5, 0.6) is 0 Å². The average Bonchev–Trinajstić information content (AvgIpc) is 2.13. The molecule has 1 amide bonds. The highest BCUT2D eigenvalue weighted by Crippen LogP contribution is 2.16. The average molecular weight is 290 g/mol. The molecule has 0 heterocycles. The van der Waals surface area contributed by atoms with E-state index in [1.807, 2.05) is 0 Å². The molecule has 0 aliphatic rings. The molecule has 0 bridgehead atoms. The first kappa shape index (κ1) is 14.4. The van der Waals surface area contributed by atoms with E-state index in [1.165, 1.54) is 13.8 Å². The third-order valence-electron chi connectivity index (χ3n) is 2.01. The van der Waals surface area contributed by atoms with Crippen LogP contribution in [0.2, 0.25) is 0 Å². The van der Waals surface area contributed by atoms with Crippen molar-refractivity contribution in [3.8, 4) is 0 Å². The molecule has 0 aliphatic heterocycles. The maximum atomic E-state index is 11.8. The summed E-state index contributed by atoms with van der Waals surface area (Å²) in [5.74, 6) is -2.94. The topological polar surface area (TPSA) is 46.2 Å². The molecule has 0 aromatic carbocycles. The maximum Gasteiger partial charge on any atom is 0.471 e. The molecule has 1 N–H and O–H groups in total. The number of ketones is 1. The summed E-state index contributed by atoms with van der Waals surface area (Å²) in [5, 5.41) is 1.79. The lowest BCUT2D eigenvalue weighted by atomic mass is 10.00. The molecule has 2 atom stereocenters. The highest BCUT2D eigenvalue weighted by molar-refractivity contribution is 9.09. The SMILES string of the molecule is CC(NC(=O)C(F)(F)F)C(C)C(=O)CBr. The van der Waals surface area contributed by atoms with Crippen molar-refractivity contribution >= 4 is 27.6 Å². The fourth-order valence-corrected chi connectivity index (χ4v) is 1.32. The van der Waals surface area contributed by atoms with Crippen molar-refractivity contribution in [2.45, 2.75) is 26.1 Å². The Balaban J connectivity index is 4.31. The predicted molar refractivity (Wildman–Crippen MR) is 51.6 cm³/mol. The number of nitrogens with one attached hydrogen (secondary N) is 1. The van der Waals surface area contributed by atoms with Gasteiger partial charge >= 0.3 is 12.1 Å². The minimum absolute atomic E-state index is 0.0559. The molecular formula is C8H11BrF3NO2. The smallest absolute Gasteiger partial charge is 0.345 e. The quantitative estimate of drug-likeness (QED) is 0.800. The number of carbonyl (C=O) groups excluding carboxylic acids is 2. The third-order valence-corrected chi connectivity index (χ3v) is 2.56. The number of rotatable bonds is 4. The van der Waals surface area contributed by atoms with Crippen LogP contribution < -0.4 is 5.32 Å². The van der Waals surface area contributed by atoms with E-state index < -0.39 is 24.0 Å². The summed E-state index contributed by atoms with van der Waals surface area (Å²) in [5.41, 5.74) is 0. The van der Waals surface area contributed by atoms with Gasteiger partial charge in [0.1, 0.15) is 5.78 Å². The fourth-order valence-electron chi connectivity index (χ4n) is 0.814. The van der Waals surface area contributed by atoms with Gasteiger partial charge in [-0.25, -0.2) is 0 Å². The van der Waals surface area contributed by atoms with Crippen molar-refractivity contribution in [2.75, 3.05) is 5.33 Å². The van der Waals surface area contributed by atoms with E-state index in [0.29, 0.717) is 0 Å². The molecule has 0 aromatic rings. The molecule has 0 spiro atoms. The monoisotopic (exact) mass is 289 g/mol. The highest BCUT2D eigenvalue weighted by Gasteiger charge is 2.40. The van der Waals surface area contributed by atoms with Crippen molar-refractivity contribution in [2.24, 2.45) is 5.92 Å². The van der Waals surface area contributed by atoms with Gasteiger partial charge in [0, 0.05) is 12.0 Å². The Labute approximate surface area is 93.5 Å². The molecule has 88 valence electrons. The van der Waals surface area contributed by atoms with Gasteiger partial charge in [-0.3, -0.25) is 9.59 Å². The Kier molecular flexibility index (Phi) is 5.27. The summed E-state index contributed by atoms with van der Waals surface area (Å²) >= 11 is 2.90. The number of carbonyl (C=O) groups is 2. The van der Waals surface area contributed by atoms with Gasteiger partial charge in [-0.2, -0.15) is 13.2 Å². The van der Waals surface area contributed by atoms with E-state index in [9.17, 15) is 22.8 Å². The third kappa shape index (κ3) is 4.63. The molecule has 7 heteroatoms. The van der Waals surface area contributed by atoms with Crippen LogP contribution in [0.1, 0.15) is 13.8 Å². The fraction of sp³-hybridized carbons (Fsp3) is 0.750. The Hall–Kier alpha value is -0.590. The zero-order valence-electron chi connectivity index (χ0n) is 8.19. The van der Waals surface area contributed by atoms with Gasteiger partial charge < -0.3 is 5.32 Å². The van der Waals surface area contributed by atoms with Crippen LogP contribution in [0, 0.1) is 5.92 Å². The van der Waals surface area contributed by atoms with Crippen LogP contribution in [0.25, 0.3) is 0 Å². The predicted octanol–water partition coefficient (Wildman–Crippen LogP) is 1.65. The van der Waals surface area contributed by atoms with Crippen LogP contribution in [0.4, 0.5) is 13.2 Å². The Morgan fingerprint density at radius 2 is 1.80 bits per heavy atom. The largest absolute Gasteiger partial charge is 0.471 e. The lowest BCUT2D eigenvalue weighted by molar-refractivity contribution is -0.174. The summed E-state index contributed by atoms with van der Waals surface area (Å²) in [6.45, 7) is 2.82. The molecule has 3 nitrogen and oxygen atoms in total. The maximum absolute atomic E-state index is 11.8. The first-order valence-electron chi connectivity index (χ1n) is 4.16. The number of alkyl halides is 4. The van der Waals surface area contributed by atoms with Gasteiger partial charge in [0.15, 0.2) is 0 Å². The lowest BCUT2D eigenvalue weighted by Gasteiger charge is -2.20. The summed E-state index contributed by atoms with van der Waals surface area (Å²) in [4.78, 5) is 21.6. The number of hydrogen-bond acceptors (Lipinski definition) is 2. The molecule has 0 aliphatic carbocycles. The summed E-state index contributed by atoms with van der Waals surface area (Å²) < 4.78 is 35.5. The second-order valence-corrected chi connectivity index (χ2v) is 3.71. The molecular weight excluding hydrogens is 279 g/mol. The van der Waals surface area contributed by atoms with E-state index in [2.05, 4.69) is 15.9 Å². The standard InChI is InChI=1S/C8H11BrF3NO2/c1-4(6(14)3-9)5(2)13-7(15)8(10,11)12/h4-5H,3H2,1-2H3,(H,13,15). The van der Waals surface area contributed by atoms with Crippen LogP contribution in [0.15, 0.2) is 0 Å². The van der Waals surface area contributed by atoms with Crippen molar-refractivity contribution in [3.63, 3.8) is 0 Å². The van der Waals surface area contributed by atoms with Gasteiger partial charge in [-0.1, -0.05) is 22.9 Å². The molecule has 0 saturated heterocycles. The van der Waals surface area contributed by atoms with Crippen molar-refractivity contribution in [1.82, 2.24) is 5.32 Å². The van der Waals surface area contributed by atoms with E-state index >= 15 is 0 Å². The lowest BCUT2D eigenvalue weighted by Crippen LogP contribution is -2.46. The van der Waals surface area contributed by atoms with Crippen LogP contribution in [-0.4, -0.2) is 29.2 Å². The number of amides is 1. The summed E-state index contributed by atoms with van der Waals surface area (Å²) in [6, 6.07) is -0.843. The molecule has 0 saturated carbocycles. The zero-order valence-corrected chi connectivity index (χ0v) is 9.78. The van der Waals surface area contributed by atoms with Gasteiger partial charge in [0.05, 0.1) is 5.33 Å². The van der Waals surface area contributed by atoms with Crippen LogP contribution in [-0.2, 0) is 9.59 Å². The van der Waals surface area contributed by atoms with Crippen molar-refractivity contribution in [1.29, 1.82) is 0 Å². The van der Waals surface area contributed by atoms with Crippen LogP contribution >= 0.6 is 15.9 Å². The molecule has 0 radical (unpaired) electrons.